The van der Waals surface area contributed by atoms with Gasteiger partial charge in [-0.2, -0.15) is 0 Å². The monoisotopic (exact) mass is 574 g/mol. The molecule has 1 aliphatic rings. The Hall–Kier alpha value is -1.29. The fraction of sp³-hybridized carbons (Fsp3) is 0.524. The molecule has 0 saturated carbocycles. The third-order valence-corrected chi connectivity index (χ3v) is 5.74. The first-order valence-electron chi connectivity index (χ1n) is 10.2. The number of halogens is 2. The Morgan fingerprint density at radius 1 is 1.31 bits per heavy atom. The molecular formula is C21H32BrIN6. The van der Waals surface area contributed by atoms with Crippen molar-refractivity contribution in [2.24, 2.45) is 4.99 Å². The normalized spacial score (nSPS) is 16.6. The van der Waals surface area contributed by atoms with Crippen LogP contribution >= 0.6 is 39.9 Å². The summed E-state index contributed by atoms with van der Waals surface area (Å²) in [5.74, 6) is 2.01. The maximum Gasteiger partial charge on any atom is 0.191 e. The van der Waals surface area contributed by atoms with Crippen LogP contribution in [0.25, 0.3) is 0 Å². The number of aromatic nitrogens is 2. The summed E-state index contributed by atoms with van der Waals surface area (Å²) in [5.41, 5.74) is 1.27. The lowest BCUT2D eigenvalue weighted by atomic mass is 10.2. The topological polar surface area (TPSA) is 57.5 Å². The van der Waals surface area contributed by atoms with Crippen molar-refractivity contribution in [2.45, 2.75) is 45.7 Å². The van der Waals surface area contributed by atoms with Gasteiger partial charge in [-0.05, 0) is 61.2 Å². The van der Waals surface area contributed by atoms with E-state index >= 15 is 0 Å². The Morgan fingerprint density at radius 3 is 2.86 bits per heavy atom. The minimum atomic E-state index is 0. The van der Waals surface area contributed by atoms with Crippen molar-refractivity contribution in [1.29, 1.82) is 0 Å². The van der Waals surface area contributed by atoms with Gasteiger partial charge in [-0.1, -0.05) is 12.1 Å². The lowest BCUT2D eigenvalue weighted by Crippen LogP contribution is -2.44. The van der Waals surface area contributed by atoms with E-state index in [9.17, 15) is 0 Å². The highest BCUT2D eigenvalue weighted by Gasteiger charge is 2.24. The summed E-state index contributed by atoms with van der Waals surface area (Å²) >= 11 is 3.67. The van der Waals surface area contributed by atoms with Crippen LogP contribution in [0.3, 0.4) is 0 Å². The standard InChI is InChI=1S/C21H31BrN6.HI/c1-3-23-21(25-11-6-7-13-27-15-12-24-17(27)2)26-18-10-14-28(16-18)20-9-5-4-8-19(20)22;/h4-5,8-9,12,15,18H,3,6-7,10-11,13-14,16H2,1-2H3,(H2,23,25,26);1H. The fourth-order valence-electron chi connectivity index (χ4n) is 3.54. The molecule has 29 heavy (non-hydrogen) atoms. The number of imidazole rings is 1. The first kappa shape index (κ1) is 24.0. The van der Waals surface area contributed by atoms with Crippen molar-refractivity contribution in [3.8, 4) is 0 Å². The maximum atomic E-state index is 4.78. The van der Waals surface area contributed by atoms with Crippen molar-refractivity contribution < 1.29 is 0 Å². The highest BCUT2D eigenvalue weighted by molar-refractivity contribution is 14.0. The molecule has 2 N–H and O–H groups in total. The predicted octanol–water partition coefficient (Wildman–Crippen LogP) is 4.19. The number of guanidine groups is 1. The van der Waals surface area contributed by atoms with E-state index in [0.717, 1.165) is 68.2 Å². The van der Waals surface area contributed by atoms with E-state index in [1.54, 1.807) is 0 Å². The van der Waals surface area contributed by atoms with E-state index < -0.39 is 0 Å². The second-order valence-corrected chi connectivity index (χ2v) is 8.02. The molecule has 1 aliphatic heterocycles. The van der Waals surface area contributed by atoms with Crippen LogP contribution in [0.4, 0.5) is 5.69 Å². The number of benzene rings is 1. The molecule has 6 nitrogen and oxygen atoms in total. The summed E-state index contributed by atoms with van der Waals surface area (Å²) < 4.78 is 3.35. The summed E-state index contributed by atoms with van der Waals surface area (Å²) in [6, 6.07) is 8.85. The molecule has 8 heteroatoms. The molecule has 3 rings (SSSR count). The van der Waals surface area contributed by atoms with E-state index in [2.05, 4.69) is 72.2 Å². The molecular weight excluding hydrogens is 543 g/mol. The van der Waals surface area contributed by atoms with Gasteiger partial charge in [0.25, 0.3) is 0 Å². The minimum absolute atomic E-state index is 0. The number of nitrogens with one attached hydrogen (secondary N) is 2. The average Bonchev–Trinajstić information content (AvgIpc) is 3.31. The molecule has 2 aromatic rings. The third kappa shape index (κ3) is 7.16. The van der Waals surface area contributed by atoms with E-state index in [1.807, 2.05) is 19.3 Å². The minimum Gasteiger partial charge on any atom is -0.368 e. The van der Waals surface area contributed by atoms with Crippen molar-refractivity contribution in [1.82, 2.24) is 20.2 Å². The second kappa shape index (κ2) is 12.4. The SMILES string of the molecule is CCNC(=NCCCCn1ccnc1C)NC1CCN(c2ccccc2Br)C1.I. The molecule has 0 bridgehead atoms. The molecule has 2 heterocycles. The zero-order chi connectivity index (χ0) is 19.8. The van der Waals surface area contributed by atoms with Crippen LogP contribution in [-0.2, 0) is 6.54 Å². The Kier molecular flexibility index (Phi) is 10.3. The highest BCUT2D eigenvalue weighted by atomic mass is 127. The van der Waals surface area contributed by atoms with Crippen molar-refractivity contribution in [3.63, 3.8) is 0 Å². The molecule has 0 aliphatic carbocycles. The van der Waals surface area contributed by atoms with E-state index in [0.29, 0.717) is 6.04 Å². The van der Waals surface area contributed by atoms with Gasteiger partial charge in [0.15, 0.2) is 5.96 Å². The summed E-state index contributed by atoms with van der Waals surface area (Å²) in [5, 5.41) is 7.00. The molecule has 0 radical (unpaired) electrons. The van der Waals surface area contributed by atoms with Crippen LogP contribution in [-0.4, -0.2) is 47.7 Å². The van der Waals surface area contributed by atoms with E-state index in [4.69, 9.17) is 4.99 Å². The molecule has 1 unspecified atom stereocenters. The maximum absolute atomic E-state index is 4.78. The van der Waals surface area contributed by atoms with Gasteiger partial charge in [-0.25, -0.2) is 4.98 Å². The number of hydrogen-bond donors (Lipinski definition) is 2. The average molecular weight is 575 g/mol. The van der Waals surface area contributed by atoms with Gasteiger partial charge in [0.2, 0.25) is 0 Å². The Bertz CT molecular complexity index is 778. The smallest absolute Gasteiger partial charge is 0.191 e. The summed E-state index contributed by atoms with van der Waals surface area (Å²) in [6.07, 6.45) is 7.20. The quantitative estimate of drug-likeness (QED) is 0.215. The molecule has 1 atom stereocenters. The molecule has 1 aromatic carbocycles. The fourth-order valence-corrected chi connectivity index (χ4v) is 4.08. The molecule has 1 fully saturated rings. The summed E-state index contributed by atoms with van der Waals surface area (Å²) in [6.45, 7) is 8.93. The number of rotatable bonds is 8. The van der Waals surface area contributed by atoms with Crippen LogP contribution in [0.1, 0.15) is 32.0 Å². The first-order valence-corrected chi connectivity index (χ1v) is 11.0. The first-order chi connectivity index (χ1) is 13.7. The van der Waals surface area contributed by atoms with Crippen LogP contribution in [0, 0.1) is 6.92 Å². The van der Waals surface area contributed by atoms with Crippen molar-refractivity contribution in [2.75, 3.05) is 31.1 Å². The molecule has 1 saturated heterocycles. The lowest BCUT2D eigenvalue weighted by Gasteiger charge is -2.21. The van der Waals surface area contributed by atoms with E-state index in [-0.39, 0.29) is 24.0 Å². The van der Waals surface area contributed by atoms with Gasteiger partial charge >= 0.3 is 0 Å². The van der Waals surface area contributed by atoms with Gasteiger partial charge in [-0.3, -0.25) is 4.99 Å². The predicted molar refractivity (Wildman–Crippen MR) is 135 cm³/mol. The summed E-state index contributed by atoms with van der Waals surface area (Å²) in [4.78, 5) is 11.5. The van der Waals surface area contributed by atoms with E-state index in [1.165, 1.54) is 5.69 Å². The van der Waals surface area contributed by atoms with Crippen LogP contribution in [0.2, 0.25) is 0 Å². The number of nitrogens with zero attached hydrogens (tertiary/aromatic N) is 4. The number of aliphatic imine (C=N–C) groups is 1. The Morgan fingerprint density at radius 2 is 2.14 bits per heavy atom. The third-order valence-electron chi connectivity index (χ3n) is 5.07. The highest BCUT2D eigenvalue weighted by Crippen LogP contribution is 2.28. The van der Waals surface area contributed by atoms with Crippen LogP contribution in [0.15, 0.2) is 46.1 Å². The van der Waals surface area contributed by atoms with Crippen LogP contribution < -0.4 is 15.5 Å². The lowest BCUT2D eigenvalue weighted by molar-refractivity contribution is 0.597. The summed E-state index contributed by atoms with van der Waals surface area (Å²) in [7, 11) is 0. The number of anilines is 1. The van der Waals surface area contributed by atoms with Gasteiger partial charge in [-0.15, -0.1) is 24.0 Å². The molecule has 0 spiro atoms. The zero-order valence-corrected chi connectivity index (χ0v) is 21.2. The van der Waals surface area contributed by atoms with Crippen LogP contribution in [0.5, 0.6) is 0 Å². The molecule has 160 valence electrons. The van der Waals surface area contributed by atoms with Gasteiger partial charge in [0, 0.05) is 55.6 Å². The Balaban J connectivity index is 0.00000300. The zero-order valence-electron chi connectivity index (χ0n) is 17.3. The van der Waals surface area contributed by atoms with Crippen molar-refractivity contribution >= 4 is 51.6 Å². The number of hydrogen-bond acceptors (Lipinski definition) is 3. The Labute approximate surface area is 199 Å². The molecule has 0 amide bonds. The van der Waals surface area contributed by atoms with Gasteiger partial charge < -0.3 is 20.1 Å². The number of aryl methyl sites for hydroxylation is 2. The number of unbranched alkanes of at least 4 members (excludes halogenated alkanes) is 1. The van der Waals surface area contributed by atoms with Gasteiger partial charge in [0.05, 0.1) is 5.69 Å². The number of para-hydroxylation sites is 1. The second-order valence-electron chi connectivity index (χ2n) is 7.16. The largest absolute Gasteiger partial charge is 0.368 e. The van der Waals surface area contributed by atoms with Gasteiger partial charge in [0.1, 0.15) is 5.82 Å². The molecule has 1 aromatic heterocycles. The van der Waals surface area contributed by atoms with Crippen molar-refractivity contribution in [3.05, 3.63) is 47.0 Å².